The minimum absolute atomic E-state index is 0.318. The number of rotatable bonds is 2. The zero-order valence-corrected chi connectivity index (χ0v) is 11.6. The summed E-state index contributed by atoms with van der Waals surface area (Å²) in [6, 6.07) is 11.1. The lowest BCUT2D eigenvalue weighted by Gasteiger charge is -2.12. The van der Waals surface area contributed by atoms with Crippen molar-refractivity contribution in [3.63, 3.8) is 0 Å². The number of halogens is 3. The zero-order valence-electron chi connectivity index (χ0n) is 8.70. The Bertz CT molecular complexity index is 527. The van der Waals surface area contributed by atoms with Gasteiger partial charge in [-0.05, 0) is 58.0 Å². The van der Waals surface area contributed by atoms with Crippen molar-refractivity contribution in [2.24, 2.45) is 0 Å². The van der Waals surface area contributed by atoms with E-state index < -0.39 is 6.10 Å². The van der Waals surface area contributed by atoms with Crippen LogP contribution in [0.1, 0.15) is 17.2 Å². The van der Waals surface area contributed by atoms with Crippen molar-refractivity contribution in [1.82, 2.24) is 0 Å². The van der Waals surface area contributed by atoms with Crippen LogP contribution in [-0.4, -0.2) is 5.11 Å². The van der Waals surface area contributed by atoms with Crippen LogP contribution in [0.15, 0.2) is 42.5 Å². The highest BCUT2D eigenvalue weighted by atomic mass is 127. The maximum Gasteiger partial charge on any atom is 0.123 e. The highest BCUT2D eigenvalue weighted by Gasteiger charge is 2.11. The molecule has 0 saturated heterocycles. The van der Waals surface area contributed by atoms with E-state index in [1.54, 1.807) is 18.2 Å². The Kier molecular flexibility index (Phi) is 4.01. The van der Waals surface area contributed by atoms with Crippen LogP contribution in [0.5, 0.6) is 0 Å². The molecule has 0 aliphatic heterocycles. The fourth-order valence-electron chi connectivity index (χ4n) is 1.52. The van der Waals surface area contributed by atoms with Crippen molar-refractivity contribution < 1.29 is 9.50 Å². The SMILES string of the molecule is OC(c1ccc(F)cc1)c1ccc(I)c(Cl)c1. The Morgan fingerprint density at radius 3 is 2.24 bits per heavy atom. The standard InChI is InChI=1S/C13H9ClFIO/c14-11-7-9(3-6-12(11)16)13(17)8-1-4-10(15)5-2-8/h1-7,13,17H. The van der Waals surface area contributed by atoms with Crippen LogP contribution in [0.4, 0.5) is 4.39 Å². The minimum atomic E-state index is -0.787. The Balaban J connectivity index is 2.33. The number of benzene rings is 2. The van der Waals surface area contributed by atoms with Gasteiger partial charge in [-0.3, -0.25) is 0 Å². The molecule has 1 atom stereocenters. The van der Waals surface area contributed by atoms with Gasteiger partial charge < -0.3 is 5.11 Å². The summed E-state index contributed by atoms with van der Waals surface area (Å²) in [5.74, 6) is -0.318. The summed E-state index contributed by atoms with van der Waals surface area (Å²) in [6.45, 7) is 0. The van der Waals surface area contributed by atoms with Gasteiger partial charge in [0.25, 0.3) is 0 Å². The van der Waals surface area contributed by atoms with Gasteiger partial charge in [-0.1, -0.05) is 29.8 Å². The van der Waals surface area contributed by atoms with Gasteiger partial charge in [-0.25, -0.2) is 4.39 Å². The number of hydrogen-bond acceptors (Lipinski definition) is 1. The second kappa shape index (κ2) is 5.33. The van der Waals surface area contributed by atoms with E-state index in [1.807, 2.05) is 12.1 Å². The predicted molar refractivity (Wildman–Crippen MR) is 74.6 cm³/mol. The molecule has 0 amide bonds. The summed E-state index contributed by atoms with van der Waals surface area (Å²) in [5.41, 5.74) is 1.34. The molecule has 1 nitrogen and oxygen atoms in total. The van der Waals surface area contributed by atoms with Gasteiger partial charge in [0.2, 0.25) is 0 Å². The molecular weight excluding hydrogens is 353 g/mol. The smallest absolute Gasteiger partial charge is 0.123 e. The van der Waals surface area contributed by atoms with Gasteiger partial charge in [0.05, 0.1) is 5.02 Å². The summed E-state index contributed by atoms with van der Waals surface area (Å²) in [7, 11) is 0. The van der Waals surface area contributed by atoms with E-state index in [0.717, 1.165) is 3.57 Å². The summed E-state index contributed by atoms with van der Waals surface area (Å²) in [5, 5.41) is 10.7. The molecule has 0 fully saturated rings. The van der Waals surface area contributed by atoms with E-state index in [2.05, 4.69) is 22.6 Å². The maximum absolute atomic E-state index is 12.8. The molecule has 0 radical (unpaired) electrons. The van der Waals surface area contributed by atoms with Gasteiger partial charge in [-0.15, -0.1) is 0 Å². The highest BCUT2D eigenvalue weighted by molar-refractivity contribution is 14.1. The van der Waals surface area contributed by atoms with Crippen molar-refractivity contribution in [2.75, 3.05) is 0 Å². The van der Waals surface area contributed by atoms with E-state index >= 15 is 0 Å². The third kappa shape index (κ3) is 2.97. The number of aliphatic hydroxyl groups is 1. The van der Waals surface area contributed by atoms with Gasteiger partial charge >= 0.3 is 0 Å². The number of hydrogen-bond donors (Lipinski definition) is 1. The quantitative estimate of drug-likeness (QED) is 0.795. The second-order valence-electron chi connectivity index (χ2n) is 3.63. The Morgan fingerprint density at radius 1 is 1.06 bits per heavy atom. The van der Waals surface area contributed by atoms with Crippen LogP contribution in [0.3, 0.4) is 0 Å². The van der Waals surface area contributed by atoms with Gasteiger partial charge in [-0.2, -0.15) is 0 Å². The summed E-state index contributed by atoms with van der Waals surface area (Å²) in [6.07, 6.45) is -0.787. The molecule has 1 unspecified atom stereocenters. The molecule has 0 saturated carbocycles. The predicted octanol–water partition coefficient (Wildman–Crippen LogP) is 4.17. The van der Waals surface area contributed by atoms with Crippen molar-refractivity contribution >= 4 is 34.2 Å². The molecule has 0 aliphatic rings. The molecule has 0 aromatic heterocycles. The van der Waals surface area contributed by atoms with E-state index in [1.165, 1.54) is 12.1 Å². The first-order chi connectivity index (χ1) is 8.08. The van der Waals surface area contributed by atoms with Crippen LogP contribution in [0, 0.1) is 9.39 Å². The molecular formula is C13H9ClFIO. The molecule has 17 heavy (non-hydrogen) atoms. The average molecular weight is 363 g/mol. The molecule has 4 heteroatoms. The third-order valence-electron chi connectivity index (χ3n) is 2.45. The molecule has 0 heterocycles. The summed E-state index contributed by atoms with van der Waals surface area (Å²) < 4.78 is 13.7. The van der Waals surface area contributed by atoms with E-state index in [0.29, 0.717) is 16.1 Å². The van der Waals surface area contributed by atoms with Gasteiger partial charge in [0, 0.05) is 3.57 Å². The van der Waals surface area contributed by atoms with E-state index in [9.17, 15) is 9.50 Å². The highest BCUT2D eigenvalue weighted by Crippen LogP contribution is 2.27. The van der Waals surface area contributed by atoms with Crippen molar-refractivity contribution in [1.29, 1.82) is 0 Å². The van der Waals surface area contributed by atoms with Crippen LogP contribution in [0.25, 0.3) is 0 Å². The van der Waals surface area contributed by atoms with E-state index in [-0.39, 0.29) is 5.82 Å². The molecule has 0 bridgehead atoms. The Hall–Kier alpha value is -0.650. The number of aliphatic hydroxyl groups excluding tert-OH is 1. The first kappa shape index (κ1) is 12.8. The lowest BCUT2D eigenvalue weighted by molar-refractivity contribution is 0.220. The van der Waals surface area contributed by atoms with Crippen molar-refractivity contribution in [3.8, 4) is 0 Å². The summed E-state index contributed by atoms with van der Waals surface area (Å²) in [4.78, 5) is 0. The minimum Gasteiger partial charge on any atom is -0.384 e. The molecule has 1 N–H and O–H groups in total. The second-order valence-corrected chi connectivity index (χ2v) is 5.20. The fraction of sp³-hybridized carbons (Fsp3) is 0.0769. The van der Waals surface area contributed by atoms with Crippen LogP contribution in [0.2, 0.25) is 5.02 Å². The first-order valence-electron chi connectivity index (χ1n) is 4.96. The fourth-order valence-corrected chi connectivity index (χ4v) is 2.04. The molecule has 0 aliphatic carbocycles. The monoisotopic (exact) mass is 362 g/mol. The van der Waals surface area contributed by atoms with Crippen LogP contribution in [-0.2, 0) is 0 Å². The molecule has 0 spiro atoms. The van der Waals surface area contributed by atoms with Gasteiger partial charge in [0.15, 0.2) is 0 Å². The topological polar surface area (TPSA) is 20.2 Å². The maximum atomic E-state index is 12.8. The van der Waals surface area contributed by atoms with Crippen molar-refractivity contribution in [2.45, 2.75) is 6.10 Å². The molecule has 2 aromatic carbocycles. The van der Waals surface area contributed by atoms with E-state index in [4.69, 9.17) is 11.6 Å². The summed E-state index contributed by atoms with van der Waals surface area (Å²) >= 11 is 8.11. The third-order valence-corrected chi connectivity index (χ3v) is 4.02. The molecule has 2 aromatic rings. The Morgan fingerprint density at radius 2 is 1.65 bits per heavy atom. The van der Waals surface area contributed by atoms with Gasteiger partial charge in [0.1, 0.15) is 11.9 Å². The molecule has 88 valence electrons. The zero-order chi connectivity index (χ0) is 12.4. The van der Waals surface area contributed by atoms with Crippen molar-refractivity contribution in [3.05, 3.63) is 68.0 Å². The molecule has 2 rings (SSSR count). The average Bonchev–Trinajstić information content (AvgIpc) is 2.33. The lowest BCUT2D eigenvalue weighted by atomic mass is 10.0. The first-order valence-corrected chi connectivity index (χ1v) is 6.42. The van der Waals surface area contributed by atoms with Crippen LogP contribution < -0.4 is 0 Å². The Labute approximate surface area is 117 Å². The van der Waals surface area contributed by atoms with Crippen LogP contribution >= 0.6 is 34.2 Å². The largest absolute Gasteiger partial charge is 0.384 e. The normalized spacial score (nSPS) is 12.5. The lowest BCUT2D eigenvalue weighted by Crippen LogP contribution is -1.99.